The van der Waals surface area contributed by atoms with Crippen LogP contribution in [0.1, 0.15) is 31.1 Å². The molecular formula is C14H19NO7S. The minimum atomic E-state index is -4.08. The molecule has 0 unspecified atom stereocenters. The lowest BCUT2D eigenvalue weighted by Gasteiger charge is -2.26. The molecule has 23 heavy (non-hydrogen) atoms. The first kappa shape index (κ1) is 18.8. The molecule has 0 atom stereocenters. The van der Waals surface area contributed by atoms with E-state index in [9.17, 15) is 18.0 Å². The number of carbonyl (C=O) groups is 2. The van der Waals surface area contributed by atoms with E-state index in [1.54, 1.807) is 20.8 Å². The summed E-state index contributed by atoms with van der Waals surface area (Å²) in [5.74, 6) is -1.25. The van der Waals surface area contributed by atoms with Gasteiger partial charge in [-0.3, -0.25) is 0 Å². The lowest BCUT2D eigenvalue weighted by Crippen LogP contribution is -2.40. The third-order valence-corrected chi connectivity index (χ3v) is 3.54. The first-order valence-corrected chi connectivity index (χ1v) is 8.36. The van der Waals surface area contributed by atoms with Crippen molar-refractivity contribution in [2.75, 3.05) is 17.7 Å². The lowest BCUT2D eigenvalue weighted by molar-refractivity contribution is 0.0606. The summed E-state index contributed by atoms with van der Waals surface area (Å²) < 4.78 is 34.6. The van der Waals surface area contributed by atoms with Crippen molar-refractivity contribution in [3.8, 4) is 5.75 Å². The van der Waals surface area contributed by atoms with E-state index in [2.05, 4.69) is 0 Å². The Bertz CT molecular complexity index is 719. The van der Waals surface area contributed by atoms with Gasteiger partial charge in [0.25, 0.3) is 0 Å². The highest BCUT2D eigenvalue weighted by molar-refractivity contribution is 7.92. The van der Waals surface area contributed by atoms with Crippen molar-refractivity contribution in [2.24, 2.45) is 0 Å². The van der Waals surface area contributed by atoms with Crippen LogP contribution in [0.15, 0.2) is 18.2 Å². The van der Waals surface area contributed by atoms with Crippen LogP contribution in [0, 0.1) is 0 Å². The van der Waals surface area contributed by atoms with Crippen LogP contribution < -0.4 is 9.04 Å². The van der Waals surface area contributed by atoms with Crippen molar-refractivity contribution in [3.63, 3.8) is 0 Å². The molecule has 0 aliphatic carbocycles. The second-order valence-electron chi connectivity index (χ2n) is 5.70. The SMILES string of the molecule is COc1ccc(C(=O)O)cc1N(C(=O)OC(C)(C)C)S(C)(=O)=O. The largest absolute Gasteiger partial charge is 0.495 e. The molecule has 1 aromatic rings. The van der Waals surface area contributed by atoms with Crippen LogP contribution in [-0.4, -0.2) is 44.6 Å². The maximum absolute atomic E-state index is 12.3. The number of ether oxygens (including phenoxy) is 2. The quantitative estimate of drug-likeness (QED) is 0.889. The summed E-state index contributed by atoms with van der Waals surface area (Å²) in [6.07, 6.45) is -0.343. The van der Waals surface area contributed by atoms with Crippen LogP contribution in [0.25, 0.3) is 0 Å². The number of aromatic carboxylic acids is 1. The fourth-order valence-corrected chi connectivity index (χ4v) is 2.51. The normalized spacial score (nSPS) is 11.7. The zero-order valence-electron chi connectivity index (χ0n) is 13.5. The predicted molar refractivity (Wildman–Crippen MR) is 83.5 cm³/mol. The van der Waals surface area contributed by atoms with Crippen molar-refractivity contribution in [1.82, 2.24) is 0 Å². The van der Waals surface area contributed by atoms with Gasteiger partial charge in [0.05, 0.1) is 18.9 Å². The first-order valence-electron chi connectivity index (χ1n) is 6.51. The van der Waals surface area contributed by atoms with E-state index in [1.807, 2.05) is 0 Å². The number of amides is 1. The minimum Gasteiger partial charge on any atom is -0.495 e. The van der Waals surface area contributed by atoms with E-state index in [0.717, 1.165) is 12.3 Å². The Labute approximate surface area is 134 Å². The Morgan fingerprint density at radius 3 is 2.17 bits per heavy atom. The average molecular weight is 345 g/mol. The van der Waals surface area contributed by atoms with Crippen LogP contribution in [0.2, 0.25) is 0 Å². The van der Waals surface area contributed by atoms with E-state index in [1.165, 1.54) is 19.2 Å². The molecule has 128 valence electrons. The number of carboxylic acids is 1. The number of nitrogens with zero attached hydrogens (tertiary/aromatic N) is 1. The van der Waals surface area contributed by atoms with Crippen LogP contribution >= 0.6 is 0 Å². The number of methoxy groups -OCH3 is 1. The molecule has 1 aromatic carbocycles. The minimum absolute atomic E-state index is 0.0197. The van der Waals surface area contributed by atoms with Gasteiger partial charge in [-0.2, -0.15) is 4.31 Å². The van der Waals surface area contributed by atoms with Gasteiger partial charge in [0.15, 0.2) is 0 Å². The molecule has 0 saturated carbocycles. The van der Waals surface area contributed by atoms with Crippen molar-refractivity contribution in [3.05, 3.63) is 23.8 Å². The number of carbonyl (C=O) groups excluding carboxylic acids is 1. The molecule has 0 spiro atoms. The summed E-state index contributed by atoms with van der Waals surface area (Å²) in [6.45, 7) is 4.74. The molecule has 0 aliphatic rings. The van der Waals surface area contributed by atoms with E-state index >= 15 is 0 Å². The van der Waals surface area contributed by atoms with Crippen LogP contribution in [0.3, 0.4) is 0 Å². The number of benzene rings is 1. The van der Waals surface area contributed by atoms with Crippen LogP contribution in [0.5, 0.6) is 5.75 Å². The molecule has 0 saturated heterocycles. The van der Waals surface area contributed by atoms with E-state index < -0.39 is 27.7 Å². The molecule has 0 aromatic heterocycles. The maximum atomic E-state index is 12.3. The summed E-state index contributed by atoms with van der Waals surface area (Å²) in [5, 5.41) is 9.06. The van der Waals surface area contributed by atoms with Gasteiger partial charge in [0.2, 0.25) is 10.0 Å². The van der Waals surface area contributed by atoms with Crippen molar-refractivity contribution in [1.29, 1.82) is 0 Å². The van der Waals surface area contributed by atoms with Gasteiger partial charge in [-0.15, -0.1) is 0 Å². The highest BCUT2D eigenvalue weighted by Gasteiger charge is 2.33. The lowest BCUT2D eigenvalue weighted by atomic mass is 10.2. The molecule has 8 nitrogen and oxygen atoms in total. The van der Waals surface area contributed by atoms with Gasteiger partial charge >= 0.3 is 12.1 Å². The standard InChI is InChI=1S/C14H19NO7S/c1-14(2,3)22-13(18)15(23(5,19)20)10-8-9(12(16)17)6-7-11(10)21-4/h6-8H,1-5H3,(H,16,17). The Balaban J connectivity index is 3.52. The summed E-state index contributed by atoms with van der Waals surface area (Å²) in [4.78, 5) is 23.4. The van der Waals surface area contributed by atoms with Crippen LogP contribution in [0.4, 0.5) is 10.5 Å². The van der Waals surface area contributed by atoms with Crippen molar-refractivity contribution in [2.45, 2.75) is 26.4 Å². The molecule has 0 heterocycles. The maximum Gasteiger partial charge on any atom is 0.429 e. The van der Waals surface area contributed by atoms with Crippen LogP contribution in [-0.2, 0) is 14.8 Å². The van der Waals surface area contributed by atoms with Gasteiger partial charge in [-0.05, 0) is 39.0 Å². The highest BCUT2D eigenvalue weighted by Crippen LogP contribution is 2.32. The molecule has 0 radical (unpaired) electrons. The highest BCUT2D eigenvalue weighted by atomic mass is 32.2. The Morgan fingerprint density at radius 2 is 1.78 bits per heavy atom. The van der Waals surface area contributed by atoms with Gasteiger partial charge in [-0.1, -0.05) is 0 Å². The number of anilines is 1. The fourth-order valence-electron chi connectivity index (χ4n) is 1.70. The Morgan fingerprint density at radius 1 is 1.22 bits per heavy atom. The zero-order chi connectivity index (χ0) is 18.0. The molecule has 1 amide bonds. The number of rotatable bonds is 4. The third-order valence-electron chi connectivity index (χ3n) is 2.54. The fraction of sp³-hybridized carbons (Fsp3) is 0.429. The van der Waals surface area contributed by atoms with E-state index in [4.69, 9.17) is 14.6 Å². The second-order valence-corrected chi connectivity index (χ2v) is 7.53. The number of sulfonamides is 1. The summed E-state index contributed by atoms with van der Waals surface area (Å²) >= 11 is 0. The number of hydrogen-bond donors (Lipinski definition) is 1. The van der Waals surface area contributed by atoms with Gasteiger partial charge in [0, 0.05) is 0 Å². The van der Waals surface area contributed by atoms with Crippen molar-refractivity contribution < 1.29 is 32.6 Å². The summed E-state index contributed by atoms with van der Waals surface area (Å²) in [7, 11) is -2.81. The smallest absolute Gasteiger partial charge is 0.429 e. The van der Waals surface area contributed by atoms with Gasteiger partial charge in [0.1, 0.15) is 17.0 Å². The average Bonchev–Trinajstić information content (AvgIpc) is 2.34. The Kier molecular flexibility index (Phi) is 5.26. The van der Waals surface area contributed by atoms with Gasteiger partial charge in [-0.25, -0.2) is 18.0 Å². The molecular weight excluding hydrogens is 326 g/mol. The van der Waals surface area contributed by atoms with Gasteiger partial charge < -0.3 is 14.6 Å². The monoisotopic (exact) mass is 345 g/mol. The summed E-state index contributed by atoms with van der Waals surface area (Å²) in [6, 6.07) is 3.54. The zero-order valence-corrected chi connectivity index (χ0v) is 14.3. The molecule has 0 fully saturated rings. The Hall–Kier alpha value is -2.29. The molecule has 1 N–H and O–H groups in total. The number of hydrogen-bond acceptors (Lipinski definition) is 6. The second kappa shape index (κ2) is 6.45. The molecule has 1 rings (SSSR count). The molecule has 0 bridgehead atoms. The number of carboxylic acid groups (broad SMARTS) is 1. The predicted octanol–water partition coefficient (Wildman–Crippen LogP) is 2.09. The summed E-state index contributed by atoms with van der Waals surface area (Å²) in [5.41, 5.74) is -1.36. The molecule has 9 heteroatoms. The van der Waals surface area contributed by atoms with E-state index in [0.29, 0.717) is 4.31 Å². The third kappa shape index (κ3) is 4.85. The molecule has 0 aliphatic heterocycles. The first-order chi connectivity index (χ1) is 10.4. The van der Waals surface area contributed by atoms with E-state index in [-0.39, 0.29) is 17.0 Å². The van der Waals surface area contributed by atoms with Crippen molar-refractivity contribution >= 4 is 27.8 Å². The topological polar surface area (TPSA) is 110 Å².